The Labute approximate surface area is 152 Å². The van der Waals surface area contributed by atoms with E-state index >= 15 is 0 Å². The lowest BCUT2D eigenvalue weighted by Gasteiger charge is -2.34. The van der Waals surface area contributed by atoms with E-state index in [9.17, 15) is 0 Å². The van der Waals surface area contributed by atoms with Crippen LogP contribution in [0.5, 0.6) is 0 Å². The van der Waals surface area contributed by atoms with E-state index in [4.69, 9.17) is 0 Å². The molecule has 0 N–H and O–H groups in total. The van der Waals surface area contributed by atoms with Crippen LogP contribution >= 0.6 is 0 Å². The lowest BCUT2D eigenvalue weighted by molar-refractivity contribution is 0.405. The van der Waals surface area contributed by atoms with Gasteiger partial charge in [-0.25, -0.2) is 0 Å². The molecule has 1 nitrogen and oxygen atoms in total. The number of hydrogen-bond donors (Lipinski definition) is 0. The van der Waals surface area contributed by atoms with Crippen molar-refractivity contribution in [2.45, 2.75) is 33.7 Å². The summed E-state index contributed by atoms with van der Waals surface area (Å²) >= 11 is 0. The molecule has 1 unspecified atom stereocenters. The highest BCUT2D eigenvalue weighted by Gasteiger charge is 2.24. The number of hydrogen-bond acceptors (Lipinski definition) is 1. The van der Waals surface area contributed by atoms with Gasteiger partial charge < -0.3 is 4.90 Å². The van der Waals surface area contributed by atoms with Crippen molar-refractivity contribution in [2.24, 2.45) is 5.41 Å². The molecule has 0 fully saturated rings. The van der Waals surface area contributed by atoms with Gasteiger partial charge in [-0.05, 0) is 52.4 Å². The van der Waals surface area contributed by atoms with Crippen molar-refractivity contribution in [2.75, 3.05) is 0 Å². The van der Waals surface area contributed by atoms with Crippen molar-refractivity contribution < 1.29 is 0 Å². The summed E-state index contributed by atoms with van der Waals surface area (Å²) in [5.74, 6) is 0. The van der Waals surface area contributed by atoms with Crippen molar-refractivity contribution in [1.82, 2.24) is 4.90 Å². The molecule has 3 rings (SSSR count). The van der Waals surface area contributed by atoms with Crippen LogP contribution in [0.1, 0.15) is 37.9 Å². The van der Waals surface area contributed by atoms with Gasteiger partial charge in [0, 0.05) is 6.20 Å². The maximum Gasteiger partial charge on any atom is 0.0769 e. The zero-order valence-electron chi connectivity index (χ0n) is 15.7. The fraction of sp³-hybridized carbons (Fsp3) is 0.250. The van der Waals surface area contributed by atoms with Gasteiger partial charge in [-0.1, -0.05) is 82.0 Å². The third-order valence-electron chi connectivity index (χ3n) is 4.85. The Balaban J connectivity index is 2.01. The molecule has 2 aromatic rings. The molecule has 1 heterocycles. The van der Waals surface area contributed by atoms with Crippen LogP contribution in [0.2, 0.25) is 0 Å². The summed E-state index contributed by atoms with van der Waals surface area (Å²) in [5.41, 5.74) is 6.57. The van der Waals surface area contributed by atoms with E-state index in [0.29, 0.717) is 0 Å². The lowest BCUT2D eigenvalue weighted by atomic mass is 9.84. The van der Waals surface area contributed by atoms with E-state index in [0.717, 1.165) is 0 Å². The molecule has 128 valence electrons. The molecule has 0 bridgehead atoms. The van der Waals surface area contributed by atoms with Gasteiger partial charge in [0.25, 0.3) is 0 Å². The first kappa shape index (κ1) is 17.3. The molecule has 0 saturated heterocycles. The topological polar surface area (TPSA) is 3.24 Å². The molecule has 1 aliphatic rings. The van der Waals surface area contributed by atoms with Crippen LogP contribution < -0.4 is 0 Å². The zero-order valence-corrected chi connectivity index (χ0v) is 15.7. The smallest absolute Gasteiger partial charge is 0.0769 e. The zero-order chi connectivity index (χ0) is 18.0. The van der Waals surface area contributed by atoms with Gasteiger partial charge in [-0.3, -0.25) is 0 Å². The third kappa shape index (κ3) is 3.61. The largest absolute Gasteiger partial charge is 0.344 e. The molecular weight excluding hydrogens is 302 g/mol. The quantitative estimate of drug-likeness (QED) is 0.609. The van der Waals surface area contributed by atoms with Crippen LogP contribution in [-0.2, 0) is 0 Å². The summed E-state index contributed by atoms with van der Waals surface area (Å²) in [6.45, 7) is 12.9. The molecule has 0 saturated carbocycles. The van der Waals surface area contributed by atoms with E-state index < -0.39 is 0 Å². The monoisotopic (exact) mass is 329 g/mol. The van der Waals surface area contributed by atoms with Gasteiger partial charge in [0.15, 0.2) is 0 Å². The molecular formula is C24H27N. The minimum atomic E-state index is 0.129. The van der Waals surface area contributed by atoms with Crippen molar-refractivity contribution in [3.05, 3.63) is 96.4 Å². The molecule has 2 aromatic carbocycles. The van der Waals surface area contributed by atoms with Crippen LogP contribution in [0, 0.1) is 12.3 Å². The standard InChI is InChI=1S/C24H27N/c1-6-25-17-21(24(3,4)5)14-15-23(25)22-16-20(13-12-18(22)2)19-10-8-7-9-11-19/h6-17,23H,1H2,2-5H3. The molecule has 0 aromatic heterocycles. The predicted molar refractivity (Wildman–Crippen MR) is 108 cm³/mol. The Morgan fingerprint density at radius 3 is 2.36 bits per heavy atom. The number of aryl methyl sites for hydroxylation is 1. The van der Waals surface area contributed by atoms with Crippen molar-refractivity contribution in [1.29, 1.82) is 0 Å². The first-order chi connectivity index (χ1) is 11.9. The van der Waals surface area contributed by atoms with Crippen LogP contribution in [0.25, 0.3) is 11.1 Å². The highest BCUT2D eigenvalue weighted by molar-refractivity contribution is 5.65. The SMILES string of the molecule is C=CN1C=C(C(C)(C)C)C=CC1c1cc(-c2ccccc2)ccc1C. The molecule has 0 aliphatic carbocycles. The van der Waals surface area contributed by atoms with Crippen LogP contribution in [-0.4, -0.2) is 4.90 Å². The van der Waals surface area contributed by atoms with Gasteiger partial charge in [0.1, 0.15) is 0 Å². The van der Waals surface area contributed by atoms with Gasteiger partial charge in [-0.15, -0.1) is 0 Å². The van der Waals surface area contributed by atoms with E-state index in [1.54, 1.807) is 0 Å². The van der Waals surface area contributed by atoms with Crippen molar-refractivity contribution in [3.8, 4) is 11.1 Å². The number of nitrogens with zero attached hydrogens (tertiary/aromatic N) is 1. The van der Waals surface area contributed by atoms with E-state index in [1.165, 1.54) is 27.8 Å². The predicted octanol–water partition coefficient (Wildman–Crippen LogP) is 6.65. The number of benzene rings is 2. The Hall–Kier alpha value is -2.54. The fourth-order valence-electron chi connectivity index (χ4n) is 3.22. The summed E-state index contributed by atoms with van der Waals surface area (Å²) in [4.78, 5) is 2.22. The summed E-state index contributed by atoms with van der Waals surface area (Å²) in [6, 6.07) is 17.5. The first-order valence-electron chi connectivity index (χ1n) is 8.86. The summed E-state index contributed by atoms with van der Waals surface area (Å²) in [6.07, 6.45) is 8.71. The van der Waals surface area contributed by atoms with E-state index in [2.05, 4.69) is 106 Å². The molecule has 1 aliphatic heterocycles. The van der Waals surface area contributed by atoms with Gasteiger partial charge >= 0.3 is 0 Å². The second kappa shape index (κ2) is 6.76. The molecule has 0 spiro atoms. The second-order valence-electron chi connectivity index (χ2n) is 7.71. The average Bonchev–Trinajstić information content (AvgIpc) is 2.61. The Kier molecular flexibility index (Phi) is 4.67. The Bertz CT molecular complexity index is 819. The minimum absolute atomic E-state index is 0.129. The second-order valence-corrected chi connectivity index (χ2v) is 7.71. The normalized spacial score (nSPS) is 17.4. The highest BCUT2D eigenvalue weighted by Crippen LogP contribution is 2.37. The fourth-order valence-corrected chi connectivity index (χ4v) is 3.22. The summed E-state index contributed by atoms with van der Waals surface area (Å²) < 4.78 is 0. The lowest BCUT2D eigenvalue weighted by Crippen LogP contribution is -2.23. The van der Waals surface area contributed by atoms with E-state index in [1.807, 2.05) is 6.20 Å². The molecule has 25 heavy (non-hydrogen) atoms. The van der Waals surface area contributed by atoms with Crippen molar-refractivity contribution in [3.63, 3.8) is 0 Å². The minimum Gasteiger partial charge on any atom is -0.344 e. The Morgan fingerprint density at radius 1 is 1.00 bits per heavy atom. The molecule has 1 atom stereocenters. The Morgan fingerprint density at radius 2 is 1.72 bits per heavy atom. The number of allylic oxidation sites excluding steroid dienone is 2. The van der Waals surface area contributed by atoms with Crippen LogP contribution in [0.4, 0.5) is 0 Å². The third-order valence-corrected chi connectivity index (χ3v) is 4.85. The molecule has 1 heteroatoms. The van der Waals surface area contributed by atoms with E-state index in [-0.39, 0.29) is 11.5 Å². The summed E-state index contributed by atoms with van der Waals surface area (Å²) in [5, 5.41) is 0. The highest BCUT2D eigenvalue weighted by atomic mass is 15.1. The van der Waals surface area contributed by atoms with Crippen LogP contribution in [0.15, 0.2) is 85.2 Å². The van der Waals surface area contributed by atoms with Gasteiger partial charge in [0.2, 0.25) is 0 Å². The van der Waals surface area contributed by atoms with Crippen molar-refractivity contribution >= 4 is 0 Å². The molecule has 0 radical (unpaired) electrons. The van der Waals surface area contributed by atoms with Gasteiger partial charge in [-0.2, -0.15) is 0 Å². The maximum absolute atomic E-state index is 4.03. The number of rotatable bonds is 3. The van der Waals surface area contributed by atoms with Gasteiger partial charge in [0.05, 0.1) is 6.04 Å². The average molecular weight is 329 g/mol. The van der Waals surface area contributed by atoms with Crippen LogP contribution in [0.3, 0.4) is 0 Å². The first-order valence-corrected chi connectivity index (χ1v) is 8.86. The maximum atomic E-state index is 4.03. The molecule has 0 amide bonds. The summed E-state index contributed by atoms with van der Waals surface area (Å²) in [7, 11) is 0.